The first-order valence-corrected chi connectivity index (χ1v) is 9.56. The van der Waals surface area contributed by atoms with Crippen molar-refractivity contribution in [2.45, 2.75) is 33.1 Å². The van der Waals surface area contributed by atoms with Crippen LogP contribution in [0.5, 0.6) is 0 Å². The quantitative estimate of drug-likeness (QED) is 0.693. The Morgan fingerprint density at radius 1 is 1.07 bits per heavy atom. The maximum atomic E-state index is 12.8. The van der Waals surface area contributed by atoms with E-state index in [9.17, 15) is 9.59 Å². The Morgan fingerprint density at radius 3 is 2.31 bits per heavy atom. The Labute approximate surface area is 171 Å². The van der Waals surface area contributed by atoms with Crippen LogP contribution in [0.3, 0.4) is 0 Å². The number of amides is 1. The van der Waals surface area contributed by atoms with E-state index in [1.54, 1.807) is 19.3 Å². The second-order valence-corrected chi connectivity index (χ2v) is 8.36. The van der Waals surface area contributed by atoms with Gasteiger partial charge >= 0.3 is 0 Å². The van der Waals surface area contributed by atoms with Crippen LogP contribution in [0.15, 0.2) is 59.5 Å². The van der Waals surface area contributed by atoms with E-state index < -0.39 is 0 Å². The van der Waals surface area contributed by atoms with Crippen LogP contribution >= 0.6 is 0 Å². The predicted octanol–water partition coefficient (Wildman–Crippen LogP) is 4.49. The number of nitrogens with zero attached hydrogens (tertiary/aromatic N) is 1. The molecule has 5 nitrogen and oxygen atoms in total. The number of aryl methyl sites for hydroxylation is 1. The molecule has 0 bridgehead atoms. The van der Waals surface area contributed by atoms with Crippen LogP contribution in [0.1, 0.15) is 42.3 Å². The van der Waals surface area contributed by atoms with E-state index in [4.69, 9.17) is 5.73 Å². The van der Waals surface area contributed by atoms with Gasteiger partial charge < -0.3 is 15.6 Å². The summed E-state index contributed by atoms with van der Waals surface area (Å²) in [6, 6.07) is 15.0. The first-order chi connectivity index (χ1) is 13.6. The van der Waals surface area contributed by atoms with Crippen molar-refractivity contribution < 1.29 is 4.79 Å². The molecule has 0 saturated heterocycles. The summed E-state index contributed by atoms with van der Waals surface area (Å²) < 4.78 is 1.46. The van der Waals surface area contributed by atoms with Crippen LogP contribution in [0, 0.1) is 6.92 Å². The van der Waals surface area contributed by atoms with E-state index >= 15 is 0 Å². The van der Waals surface area contributed by atoms with E-state index in [1.165, 1.54) is 10.1 Å². The molecular weight excluding hydrogens is 362 g/mol. The van der Waals surface area contributed by atoms with Gasteiger partial charge in [-0.05, 0) is 53.3 Å². The number of benzene rings is 2. The lowest BCUT2D eigenvalue weighted by Gasteiger charge is -2.19. The molecule has 1 aromatic heterocycles. The summed E-state index contributed by atoms with van der Waals surface area (Å²) in [5, 5.41) is 3.00. The van der Waals surface area contributed by atoms with Gasteiger partial charge in [0, 0.05) is 30.1 Å². The molecule has 1 heterocycles. The van der Waals surface area contributed by atoms with Gasteiger partial charge in [0.05, 0.1) is 5.69 Å². The molecule has 3 aromatic rings. The van der Waals surface area contributed by atoms with E-state index in [1.807, 2.05) is 49.4 Å². The SMILES string of the molecule is Cc1c(NC(=O)c2ccc(C(C)(C)C)cc2)cccc1-c1cc(N)c(=O)n(C)c1. The van der Waals surface area contributed by atoms with Crippen molar-refractivity contribution in [2.75, 3.05) is 11.1 Å². The van der Waals surface area contributed by atoms with Gasteiger partial charge in [0.1, 0.15) is 0 Å². The number of anilines is 2. The molecule has 2 aromatic carbocycles. The minimum atomic E-state index is -0.227. The Kier molecular flexibility index (Phi) is 5.33. The maximum absolute atomic E-state index is 12.8. The highest BCUT2D eigenvalue weighted by Gasteiger charge is 2.15. The summed E-state index contributed by atoms with van der Waals surface area (Å²) in [7, 11) is 1.67. The van der Waals surface area contributed by atoms with E-state index in [0.29, 0.717) is 5.56 Å². The van der Waals surface area contributed by atoms with Gasteiger partial charge in [-0.15, -0.1) is 0 Å². The van der Waals surface area contributed by atoms with Crippen molar-refractivity contribution in [3.05, 3.63) is 81.8 Å². The number of carbonyl (C=O) groups is 1. The van der Waals surface area contributed by atoms with Crippen molar-refractivity contribution >= 4 is 17.3 Å². The molecule has 0 aliphatic heterocycles. The Hall–Kier alpha value is -3.34. The lowest BCUT2D eigenvalue weighted by molar-refractivity contribution is 0.102. The fourth-order valence-electron chi connectivity index (χ4n) is 3.28. The van der Waals surface area contributed by atoms with Gasteiger partial charge in [-0.1, -0.05) is 45.0 Å². The number of hydrogen-bond donors (Lipinski definition) is 2. The third kappa shape index (κ3) is 4.24. The van der Waals surface area contributed by atoms with Crippen molar-refractivity contribution in [2.24, 2.45) is 7.05 Å². The third-order valence-corrected chi connectivity index (χ3v) is 5.12. The number of nitrogen functional groups attached to an aromatic ring is 1. The third-order valence-electron chi connectivity index (χ3n) is 5.12. The second kappa shape index (κ2) is 7.59. The largest absolute Gasteiger partial charge is 0.394 e. The van der Waals surface area contributed by atoms with E-state index in [0.717, 1.165) is 22.4 Å². The molecule has 0 atom stereocenters. The number of nitrogens with two attached hydrogens (primary N) is 1. The standard InChI is InChI=1S/C24H27N3O2/c1-15-19(17-13-20(25)23(29)27(5)14-17)7-6-8-21(15)26-22(28)16-9-11-18(12-10-16)24(2,3)4/h6-14H,25H2,1-5H3,(H,26,28). The zero-order chi connectivity index (χ0) is 21.3. The maximum Gasteiger partial charge on any atom is 0.273 e. The Bertz CT molecular complexity index is 1090. The van der Waals surface area contributed by atoms with Gasteiger partial charge in [-0.25, -0.2) is 0 Å². The summed E-state index contributed by atoms with van der Waals surface area (Å²) in [6.45, 7) is 8.37. The van der Waals surface area contributed by atoms with Crippen LogP contribution in [-0.2, 0) is 12.5 Å². The molecule has 3 N–H and O–H groups in total. The molecular formula is C24H27N3O2. The molecule has 29 heavy (non-hydrogen) atoms. The summed E-state index contributed by atoms with van der Waals surface area (Å²) in [4.78, 5) is 24.6. The van der Waals surface area contributed by atoms with Gasteiger partial charge in [-0.2, -0.15) is 0 Å². The number of rotatable bonds is 3. The molecule has 1 amide bonds. The lowest BCUT2D eigenvalue weighted by atomic mass is 9.86. The molecule has 0 aliphatic rings. The molecule has 0 spiro atoms. The topological polar surface area (TPSA) is 77.1 Å². The Morgan fingerprint density at radius 2 is 1.72 bits per heavy atom. The second-order valence-electron chi connectivity index (χ2n) is 8.36. The fraction of sp³-hybridized carbons (Fsp3) is 0.250. The molecule has 0 aliphatic carbocycles. The number of aromatic nitrogens is 1. The summed E-state index contributed by atoms with van der Waals surface area (Å²) >= 11 is 0. The van der Waals surface area contributed by atoms with Crippen LogP contribution in [-0.4, -0.2) is 10.5 Å². The van der Waals surface area contributed by atoms with Crippen molar-refractivity contribution in [3.63, 3.8) is 0 Å². The highest BCUT2D eigenvalue weighted by molar-refractivity contribution is 6.05. The molecule has 3 rings (SSSR count). The molecule has 150 valence electrons. The first kappa shape index (κ1) is 20.4. The molecule has 0 radical (unpaired) electrons. The summed E-state index contributed by atoms with van der Waals surface area (Å²) in [5.41, 5.74) is 11.0. The van der Waals surface area contributed by atoms with Gasteiger partial charge in [0.2, 0.25) is 0 Å². The fourth-order valence-corrected chi connectivity index (χ4v) is 3.28. The zero-order valence-electron chi connectivity index (χ0n) is 17.5. The predicted molar refractivity (Wildman–Crippen MR) is 119 cm³/mol. The Balaban J connectivity index is 1.90. The monoisotopic (exact) mass is 389 g/mol. The van der Waals surface area contributed by atoms with Crippen LogP contribution in [0.4, 0.5) is 11.4 Å². The highest BCUT2D eigenvalue weighted by Crippen LogP contribution is 2.29. The van der Waals surface area contributed by atoms with Crippen molar-refractivity contribution in [1.29, 1.82) is 0 Å². The smallest absolute Gasteiger partial charge is 0.273 e. The van der Waals surface area contributed by atoms with Crippen LogP contribution in [0.25, 0.3) is 11.1 Å². The number of nitrogens with one attached hydrogen (secondary N) is 1. The van der Waals surface area contributed by atoms with E-state index in [-0.39, 0.29) is 22.6 Å². The van der Waals surface area contributed by atoms with Gasteiger partial charge in [0.25, 0.3) is 11.5 Å². The number of carbonyl (C=O) groups excluding carboxylic acids is 1. The minimum absolute atomic E-state index is 0.0392. The van der Waals surface area contributed by atoms with Crippen molar-refractivity contribution in [3.8, 4) is 11.1 Å². The average molecular weight is 389 g/mol. The van der Waals surface area contributed by atoms with Gasteiger partial charge in [0.15, 0.2) is 0 Å². The zero-order valence-corrected chi connectivity index (χ0v) is 17.5. The molecule has 5 heteroatoms. The van der Waals surface area contributed by atoms with Crippen molar-refractivity contribution in [1.82, 2.24) is 4.57 Å². The average Bonchev–Trinajstić information content (AvgIpc) is 2.66. The highest BCUT2D eigenvalue weighted by atomic mass is 16.1. The normalized spacial score (nSPS) is 11.3. The van der Waals surface area contributed by atoms with Crippen LogP contribution in [0.2, 0.25) is 0 Å². The molecule has 0 saturated carbocycles. The van der Waals surface area contributed by atoms with E-state index in [2.05, 4.69) is 26.1 Å². The minimum Gasteiger partial charge on any atom is -0.394 e. The van der Waals surface area contributed by atoms with Crippen LogP contribution < -0.4 is 16.6 Å². The molecule has 0 unspecified atom stereocenters. The lowest BCUT2D eigenvalue weighted by Crippen LogP contribution is -2.19. The summed E-state index contributed by atoms with van der Waals surface area (Å²) in [6.07, 6.45) is 1.75. The molecule has 0 fully saturated rings. The van der Waals surface area contributed by atoms with Gasteiger partial charge in [-0.3, -0.25) is 9.59 Å². The summed E-state index contributed by atoms with van der Waals surface area (Å²) in [5.74, 6) is -0.161. The first-order valence-electron chi connectivity index (χ1n) is 9.56. The number of hydrogen-bond acceptors (Lipinski definition) is 3. The number of pyridine rings is 1.